The van der Waals surface area contributed by atoms with Crippen molar-refractivity contribution >= 4 is 27.7 Å². The van der Waals surface area contributed by atoms with E-state index >= 15 is 0 Å². The van der Waals surface area contributed by atoms with Gasteiger partial charge in [0.25, 0.3) is 0 Å². The zero-order chi connectivity index (χ0) is 19.5. The zero-order valence-electron chi connectivity index (χ0n) is 15.1. The van der Waals surface area contributed by atoms with E-state index in [2.05, 4.69) is 15.4 Å². The minimum absolute atomic E-state index is 0.00523. The lowest BCUT2D eigenvalue weighted by atomic mass is 9.99. The summed E-state index contributed by atoms with van der Waals surface area (Å²) in [5.74, 6) is -0.933. The number of carbonyl (C=O) groups excluding carboxylic acids is 1. The predicted molar refractivity (Wildman–Crippen MR) is 97.6 cm³/mol. The molecule has 26 heavy (non-hydrogen) atoms. The van der Waals surface area contributed by atoms with Gasteiger partial charge in [0.15, 0.2) is 0 Å². The van der Waals surface area contributed by atoms with Gasteiger partial charge in [-0.25, -0.2) is 17.9 Å². The molecule has 0 bridgehead atoms. The molecule has 1 saturated carbocycles. The first-order valence-corrected chi connectivity index (χ1v) is 9.91. The van der Waals surface area contributed by atoms with Crippen LogP contribution < -0.4 is 15.4 Å². The third kappa shape index (κ3) is 5.70. The van der Waals surface area contributed by atoms with Gasteiger partial charge in [-0.1, -0.05) is 6.07 Å². The van der Waals surface area contributed by atoms with E-state index in [0.29, 0.717) is 11.3 Å². The number of anilines is 1. The van der Waals surface area contributed by atoms with Gasteiger partial charge < -0.3 is 15.7 Å². The fourth-order valence-corrected chi connectivity index (χ4v) is 4.04. The van der Waals surface area contributed by atoms with Gasteiger partial charge in [-0.15, -0.1) is 0 Å². The molecule has 0 unspecified atom stereocenters. The van der Waals surface area contributed by atoms with Crippen LogP contribution in [0.1, 0.15) is 45.1 Å². The van der Waals surface area contributed by atoms with E-state index < -0.39 is 27.6 Å². The summed E-state index contributed by atoms with van der Waals surface area (Å²) < 4.78 is 27.5. The second kappa shape index (κ2) is 7.63. The number of hydrogen-bond donors (Lipinski definition) is 4. The number of hydrogen-bond acceptors (Lipinski definition) is 4. The summed E-state index contributed by atoms with van der Waals surface area (Å²) in [6.45, 7) is 5.08. The van der Waals surface area contributed by atoms with E-state index in [1.165, 1.54) is 6.07 Å². The third-order valence-electron chi connectivity index (χ3n) is 4.14. The number of benzene rings is 1. The van der Waals surface area contributed by atoms with Crippen LogP contribution in [0.5, 0.6) is 0 Å². The Kier molecular flexibility index (Phi) is 5.92. The normalized spacial score (nSPS) is 14.7. The molecule has 0 saturated heterocycles. The van der Waals surface area contributed by atoms with E-state index in [0.717, 1.165) is 12.8 Å². The largest absolute Gasteiger partial charge is 0.481 e. The van der Waals surface area contributed by atoms with Gasteiger partial charge in [0.2, 0.25) is 10.0 Å². The Balaban J connectivity index is 2.08. The predicted octanol–water partition coefficient (Wildman–Crippen LogP) is 2.20. The maximum Gasteiger partial charge on any atom is 0.319 e. The van der Waals surface area contributed by atoms with Gasteiger partial charge in [0.1, 0.15) is 0 Å². The lowest BCUT2D eigenvalue weighted by Gasteiger charge is -2.26. The van der Waals surface area contributed by atoms with Gasteiger partial charge in [0, 0.05) is 23.7 Å². The maximum atomic E-state index is 12.4. The highest BCUT2D eigenvalue weighted by molar-refractivity contribution is 7.89. The molecule has 144 valence electrons. The van der Waals surface area contributed by atoms with Gasteiger partial charge in [-0.05, 0) is 57.7 Å². The van der Waals surface area contributed by atoms with Crippen molar-refractivity contribution in [3.63, 3.8) is 0 Å². The Labute approximate surface area is 153 Å². The summed E-state index contributed by atoms with van der Waals surface area (Å²) in [5.41, 5.74) is 0.113. The summed E-state index contributed by atoms with van der Waals surface area (Å²) >= 11 is 0. The van der Waals surface area contributed by atoms with Gasteiger partial charge >= 0.3 is 12.0 Å². The molecule has 0 atom stereocenters. The smallest absolute Gasteiger partial charge is 0.319 e. The lowest BCUT2D eigenvalue weighted by molar-refractivity contribution is -0.137. The molecule has 8 nitrogen and oxygen atoms in total. The van der Waals surface area contributed by atoms with E-state index in [1.807, 2.05) is 0 Å². The minimum Gasteiger partial charge on any atom is -0.481 e. The van der Waals surface area contributed by atoms with E-state index in [1.54, 1.807) is 32.9 Å². The Bertz CT molecular complexity index is 801. The van der Waals surface area contributed by atoms with Crippen LogP contribution in [0.3, 0.4) is 0 Å². The van der Waals surface area contributed by atoms with E-state index in [4.69, 9.17) is 5.11 Å². The number of urea groups is 1. The van der Waals surface area contributed by atoms with Crippen LogP contribution in [0.25, 0.3) is 0 Å². The summed E-state index contributed by atoms with van der Waals surface area (Å²) in [5, 5.41) is 14.1. The Morgan fingerprint density at radius 1 is 1.27 bits per heavy atom. The average Bonchev–Trinajstić information content (AvgIpc) is 3.30. The van der Waals surface area contributed by atoms with E-state index in [9.17, 15) is 18.0 Å². The first-order chi connectivity index (χ1) is 12.0. The molecule has 4 N–H and O–H groups in total. The molecule has 1 fully saturated rings. The molecule has 0 heterocycles. The number of carboxylic acids is 1. The fourth-order valence-electron chi connectivity index (χ4n) is 2.47. The topological polar surface area (TPSA) is 125 Å². The standard InChI is InChI=1S/C17H25N3O5S/c1-11-13(18-16(23)19-17(2,3)10-9-15(21)22)5-4-6-14(11)26(24,25)20-12-7-8-12/h4-6,12,20H,7-10H2,1-3H3,(H,21,22)(H2,18,19,23). The van der Waals surface area contributed by atoms with Crippen LogP contribution in [-0.4, -0.2) is 37.1 Å². The van der Waals surface area contributed by atoms with Crippen molar-refractivity contribution < 1.29 is 23.1 Å². The molecular formula is C17H25N3O5S. The average molecular weight is 383 g/mol. The third-order valence-corrected chi connectivity index (χ3v) is 5.80. The van der Waals surface area contributed by atoms with Crippen LogP contribution in [-0.2, 0) is 14.8 Å². The number of amides is 2. The first kappa shape index (κ1) is 20.2. The second-order valence-corrected chi connectivity index (χ2v) is 8.86. The molecule has 1 aliphatic rings. The van der Waals surface area contributed by atoms with Crippen LogP contribution in [0.15, 0.2) is 23.1 Å². The quantitative estimate of drug-likeness (QED) is 0.548. The van der Waals surface area contributed by atoms with Crippen molar-refractivity contribution in [3.8, 4) is 0 Å². The highest BCUT2D eigenvalue weighted by atomic mass is 32.2. The zero-order valence-corrected chi connectivity index (χ0v) is 15.9. The highest BCUT2D eigenvalue weighted by Gasteiger charge is 2.29. The number of carboxylic acid groups (broad SMARTS) is 1. The van der Waals surface area contributed by atoms with Crippen molar-refractivity contribution in [2.75, 3.05) is 5.32 Å². The van der Waals surface area contributed by atoms with Crippen molar-refractivity contribution in [2.45, 2.75) is 62.9 Å². The molecule has 1 aromatic rings. The number of nitrogens with one attached hydrogen (secondary N) is 3. The summed E-state index contributed by atoms with van der Waals surface area (Å²) in [6.07, 6.45) is 1.88. The minimum atomic E-state index is -3.63. The molecule has 0 aromatic heterocycles. The first-order valence-electron chi connectivity index (χ1n) is 8.43. The Morgan fingerprint density at radius 3 is 2.50 bits per heavy atom. The molecule has 2 rings (SSSR count). The van der Waals surface area contributed by atoms with Gasteiger partial charge in [-0.2, -0.15) is 0 Å². The molecule has 9 heteroatoms. The lowest BCUT2D eigenvalue weighted by Crippen LogP contribution is -2.45. The van der Waals surface area contributed by atoms with Crippen molar-refractivity contribution in [3.05, 3.63) is 23.8 Å². The van der Waals surface area contributed by atoms with Crippen molar-refractivity contribution in [2.24, 2.45) is 0 Å². The molecule has 0 aliphatic heterocycles. The van der Waals surface area contributed by atoms with Gasteiger partial charge in [-0.3, -0.25) is 4.79 Å². The second-order valence-electron chi connectivity index (χ2n) is 7.18. The number of rotatable bonds is 8. The van der Waals surface area contributed by atoms with E-state index in [-0.39, 0.29) is 23.8 Å². The highest BCUT2D eigenvalue weighted by Crippen LogP contribution is 2.26. The van der Waals surface area contributed by atoms with Crippen LogP contribution >= 0.6 is 0 Å². The van der Waals surface area contributed by atoms with Crippen LogP contribution in [0, 0.1) is 6.92 Å². The number of sulfonamides is 1. The molecule has 2 amide bonds. The van der Waals surface area contributed by atoms with Crippen molar-refractivity contribution in [1.29, 1.82) is 0 Å². The fraction of sp³-hybridized carbons (Fsp3) is 0.529. The van der Waals surface area contributed by atoms with Gasteiger partial charge in [0.05, 0.1) is 4.90 Å². The summed E-state index contributed by atoms with van der Waals surface area (Å²) in [4.78, 5) is 23.1. The molecule has 0 radical (unpaired) electrons. The SMILES string of the molecule is Cc1c(NC(=O)NC(C)(C)CCC(=O)O)cccc1S(=O)(=O)NC1CC1. The molecule has 0 spiro atoms. The Morgan fingerprint density at radius 2 is 1.92 bits per heavy atom. The summed E-state index contributed by atoms with van der Waals surface area (Å²) in [7, 11) is -3.63. The Hall–Kier alpha value is -2.13. The van der Waals surface area contributed by atoms with Crippen molar-refractivity contribution in [1.82, 2.24) is 10.0 Å². The summed E-state index contributed by atoms with van der Waals surface area (Å²) in [6, 6.07) is 4.16. The van der Waals surface area contributed by atoms with Crippen LogP contribution in [0.4, 0.5) is 10.5 Å². The monoisotopic (exact) mass is 383 g/mol. The van der Waals surface area contributed by atoms with Crippen LogP contribution in [0.2, 0.25) is 0 Å². The number of aliphatic carboxylic acids is 1. The molecule has 1 aromatic carbocycles. The maximum absolute atomic E-state index is 12.4. The molecule has 1 aliphatic carbocycles. The number of carbonyl (C=O) groups is 2. The molecular weight excluding hydrogens is 358 g/mol.